The molecule has 0 aromatic carbocycles. The summed E-state index contributed by atoms with van der Waals surface area (Å²) in [5.41, 5.74) is 0. The quantitative estimate of drug-likeness (QED) is 0.422. The van der Waals surface area contributed by atoms with Gasteiger partial charge in [0.05, 0.1) is 13.2 Å². The van der Waals surface area contributed by atoms with Crippen molar-refractivity contribution in [2.75, 3.05) is 26.3 Å². The summed E-state index contributed by atoms with van der Waals surface area (Å²) >= 11 is 0. The van der Waals surface area contributed by atoms with E-state index < -0.39 is 0 Å². The summed E-state index contributed by atoms with van der Waals surface area (Å²) in [6.45, 7) is 2.70. The van der Waals surface area contributed by atoms with Crippen LogP contribution >= 0.6 is 0 Å². The zero-order valence-corrected chi connectivity index (χ0v) is 12.2. The first kappa shape index (κ1) is 18.1. The summed E-state index contributed by atoms with van der Waals surface area (Å²) in [6, 6.07) is 0. The number of rotatable bonds is 12. The van der Waals surface area contributed by atoms with E-state index in [0.29, 0.717) is 19.5 Å². The van der Waals surface area contributed by atoms with Crippen LogP contribution in [0.1, 0.15) is 51.9 Å². The summed E-state index contributed by atoms with van der Waals surface area (Å²) in [4.78, 5) is 13.3. The zero-order chi connectivity index (χ0) is 14.3. The van der Waals surface area contributed by atoms with Crippen molar-refractivity contribution in [3.63, 3.8) is 0 Å². The first-order valence-electron chi connectivity index (χ1n) is 7.40. The Bertz CT molecular complexity index is 236. The van der Waals surface area contributed by atoms with Gasteiger partial charge < -0.3 is 15.1 Å². The van der Waals surface area contributed by atoms with E-state index in [2.05, 4.69) is 19.1 Å². The van der Waals surface area contributed by atoms with Gasteiger partial charge in [0.15, 0.2) is 0 Å². The molecule has 0 fully saturated rings. The van der Waals surface area contributed by atoms with E-state index in [1.165, 1.54) is 30.6 Å². The molecule has 0 bridgehead atoms. The highest BCUT2D eigenvalue weighted by Gasteiger charge is 2.10. The highest BCUT2D eigenvalue weighted by atomic mass is 16.3. The minimum Gasteiger partial charge on any atom is -0.395 e. The third kappa shape index (κ3) is 10.7. The second-order valence-electron chi connectivity index (χ2n) is 4.69. The van der Waals surface area contributed by atoms with Gasteiger partial charge in [-0.25, -0.2) is 0 Å². The van der Waals surface area contributed by atoms with E-state index in [9.17, 15) is 4.79 Å². The summed E-state index contributed by atoms with van der Waals surface area (Å²) in [7, 11) is 0. The molecule has 0 saturated carbocycles. The molecule has 112 valence electrons. The van der Waals surface area contributed by atoms with Gasteiger partial charge in [-0.1, -0.05) is 38.3 Å². The predicted octanol–water partition coefficient (Wildman–Crippen LogP) is 2.11. The lowest BCUT2D eigenvalue weighted by Gasteiger charge is -2.20. The third-order valence-electron chi connectivity index (χ3n) is 3.01. The average Bonchev–Trinajstić information content (AvgIpc) is 2.41. The van der Waals surface area contributed by atoms with Crippen molar-refractivity contribution < 1.29 is 15.0 Å². The maximum atomic E-state index is 11.8. The Hall–Kier alpha value is -0.870. The lowest BCUT2D eigenvalue weighted by Crippen LogP contribution is -2.35. The molecule has 2 N–H and O–H groups in total. The molecule has 0 rings (SSSR count). The number of carbonyl (C=O) groups excluding carboxylic acids is 1. The Kier molecular flexibility index (Phi) is 12.9. The van der Waals surface area contributed by atoms with Crippen LogP contribution in [0.25, 0.3) is 0 Å². The number of allylic oxidation sites excluding steroid dienone is 2. The standard InChI is InChI=1S/C15H29NO3/c1-2-3-4-5-6-7-8-9-10-15(19)16(11-13-17)12-14-18/h7-8,17-18H,2-6,9-14H2,1H3/b8-7+. The fraction of sp³-hybridized carbons (Fsp3) is 0.800. The molecule has 0 aliphatic carbocycles. The molecule has 0 atom stereocenters. The Balaban J connectivity index is 3.67. The second-order valence-corrected chi connectivity index (χ2v) is 4.69. The van der Waals surface area contributed by atoms with Crippen molar-refractivity contribution in [3.05, 3.63) is 12.2 Å². The molecule has 0 aliphatic heterocycles. The summed E-state index contributed by atoms with van der Waals surface area (Å²) in [6.07, 6.45) is 11.5. The zero-order valence-electron chi connectivity index (χ0n) is 12.2. The van der Waals surface area contributed by atoms with Crippen LogP contribution in [0.2, 0.25) is 0 Å². The number of aliphatic hydroxyl groups excluding tert-OH is 2. The van der Waals surface area contributed by atoms with E-state index in [4.69, 9.17) is 10.2 Å². The summed E-state index contributed by atoms with van der Waals surface area (Å²) in [5, 5.41) is 17.7. The molecule has 0 heterocycles. The molecule has 0 aromatic heterocycles. The third-order valence-corrected chi connectivity index (χ3v) is 3.01. The van der Waals surface area contributed by atoms with Gasteiger partial charge in [0.25, 0.3) is 0 Å². The van der Waals surface area contributed by atoms with Gasteiger partial charge in [-0.15, -0.1) is 0 Å². The molecular formula is C15H29NO3. The molecule has 0 radical (unpaired) electrons. The van der Waals surface area contributed by atoms with E-state index in [1.54, 1.807) is 0 Å². The van der Waals surface area contributed by atoms with Crippen LogP contribution < -0.4 is 0 Å². The van der Waals surface area contributed by atoms with Crippen molar-refractivity contribution in [2.24, 2.45) is 0 Å². The number of hydrogen-bond acceptors (Lipinski definition) is 3. The number of carbonyl (C=O) groups is 1. The van der Waals surface area contributed by atoms with E-state index in [1.807, 2.05) is 0 Å². The largest absolute Gasteiger partial charge is 0.395 e. The monoisotopic (exact) mass is 271 g/mol. The molecule has 0 spiro atoms. The minimum atomic E-state index is -0.0565. The first-order valence-corrected chi connectivity index (χ1v) is 7.40. The molecule has 0 aliphatic rings. The van der Waals surface area contributed by atoms with Crippen LogP contribution in [0.5, 0.6) is 0 Å². The van der Waals surface area contributed by atoms with Crippen molar-refractivity contribution in [2.45, 2.75) is 51.9 Å². The number of nitrogens with zero attached hydrogens (tertiary/aromatic N) is 1. The van der Waals surface area contributed by atoms with Crippen LogP contribution in [0, 0.1) is 0 Å². The Labute approximate surface area is 117 Å². The maximum Gasteiger partial charge on any atom is 0.223 e. The van der Waals surface area contributed by atoms with Crippen molar-refractivity contribution >= 4 is 5.91 Å². The lowest BCUT2D eigenvalue weighted by molar-refractivity contribution is -0.132. The lowest BCUT2D eigenvalue weighted by atomic mass is 10.1. The average molecular weight is 271 g/mol. The molecule has 19 heavy (non-hydrogen) atoms. The van der Waals surface area contributed by atoms with Gasteiger partial charge in [0.2, 0.25) is 5.91 Å². The number of aliphatic hydroxyl groups is 2. The Morgan fingerprint density at radius 2 is 1.63 bits per heavy atom. The van der Waals surface area contributed by atoms with Crippen LogP contribution in [-0.2, 0) is 4.79 Å². The van der Waals surface area contributed by atoms with Crippen molar-refractivity contribution in [3.8, 4) is 0 Å². The van der Waals surface area contributed by atoms with Crippen molar-refractivity contribution in [1.82, 2.24) is 4.90 Å². The van der Waals surface area contributed by atoms with Gasteiger partial charge >= 0.3 is 0 Å². The fourth-order valence-corrected chi connectivity index (χ4v) is 1.89. The molecule has 0 aromatic rings. The minimum absolute atomic E-state index is 0.00117. The topological polar surface area (TPSA) is 60.8 Å². The van der Waals surface area contributed by atoms with E-state index >= 15 is 0 Å². The van der Waals surface area contributed by atoms with E-state index in [-0.39, 0.29) is 19.1 Å². The van der Waals surface area contributed by atoms with Gasteiger partial charge in [-0.3, -0.25) is 4.79 Å². The second kappa shape index (κ2) is 13.6. The summed E-state index contributed by atoms with van der Waals surface area (Å²) < 4.78 is 0. The molecule has 1 amide bonds. The number of hydrogen-bond donors (Lipinski definition) is 2. The van der Waals surface area contributed by atoms with E-state index in [0.717, 1.165) is 12.8 Å². The van der Waals surface area contributed by atoms with Gasteiger partial charge in [-0.2, -0.15) is 0 Å². The van der Waals surface area contributed by atoms with Crippen LogP contribution in [0.4, 0.5) is 0 Å². The number of amides is 1. The Morgan fingerprint density at radius 3 is 2.21 bits per heavy atom. The van der Waals surface area contributed by atoms with Crippen molar-refractivity contribution in [1.29, 1.82) is 0 Å². The van der Waals surface area contributed by atoms with Gasteiger partial charge in [0, 0.05) is 19.5 Å². The predicted molar refractivity (Wildman–Crippen MR) is 77.9 cm³/mol. The molecular weight excluding hydrogens is 242 g/mol. The van der Waals surface area contributed by atoms with Crippen LogP contribution in [0.15, 0.2) is 12.2 Å². The van der Waals surface area contributed by atoms with Crippen LogP contribution in [-0.4, -0.2) is 47.3 Å². The molecule has 0 unspecified atom stereocenters. The highest BCUT2D eigenvalue weighted by molar-refractivity contribution is 5.76. The SMILES string of the molecule is CCCCCC/C=C/CCC(=O)N(CCO)CCO. The van der Waals surface area contributed by atoms with Gasteiger partial charge in [0.1, 0.15) is 0 Å². The number of unbranched alkanes of at least 4 members (excludes halogenated alkanes) is 4. The fourth-order valence-electron chi connectivity index (χ4n) is 1.89. The molecule has 4 heteroatoms. The summed E-state index contributed by atoms with van der Waals surface area (Å²) in [5.74, 6) is -0.00117. The van der Waals surface area contributed by atoms with Gasteiger partial charge in [-0.05, 0) is 19.3 Å². The highest BCUT2D eigenvalue weighted by Crippen LogP contribution is 2.04. The first-order chi connectivity index (χ1) is 9.26. The molecule has 0 saturated heterocycles. The van der Waals surface area contributed by atoms with Crippen LogP contribution in [0.3, 0.4) is 0 Å². The molecule has 4 nitrogen and oxygen atoms in total. The Morgan fingerprint density at radius 1 is 1.00 bits per heavy atom. The smallest absolute Gasteiger partial charge is 0.223 e. The normalized spacial score (nSPS) is 11.1. The maximum absolute atomic E-state index is 11.8.